The second-order valence-corrected chi connectivity index (χ2v) is 2.64. The molecule has 2 nitrogen and oxygen atoms in total. The minimum absolute atomic E-state index is 0.281. The fraction of sp³-hybridized carbons (Fsp3) is 0.222. The van der Waals surface area contributed by atoms with Gasteiger partial charge < -0.3 is 4.74 Å². The molecule has 1 rings (SSSR count). The van der Waals surface area contributed by atoms with E-state index >= 15 is 0 Å². The van der Waals surface area contributed by atoms with Gasteiger partial charge in [0.15, 0.2) is 0 Å². The molecule has 0 atom stereocenters. The highest BCUT2D eigenvalue weighted by Crippen LogP contribution is 2.17. The standard InChI is InChI=1S/C9H8BrO2/c10-7-12-9-4-2-1-3-8(9)5-6-11/h1-4H,5,7H2. The molecule has 0 saturated heterocycles. The van der Waals surface area contributed by atoms with E-state index in [4.69, 9.17) is 4.74 Å². The molecule has 0 unspecified atom stereocenters. The Bertz CT molecular complexity index is 260. The molecule has 0 bridgehead atoms. The third-order valence-electron chi connectivity index (χ3n) is 1.45. The maximum absolute atomic E-state index is 10.1. The van der Waals surface area contributed by atoms with E-state index in [9.17, 15) is 4.79 Å². The van der Waals surface area contributed by atoms with Crippen LogP contribution >= 0.6 is 15.9 Å². The number of rotatable bonds is 4. The molecule has 0 fully saturated rings. The fourth-order valence-electron chi connectivity index (χ4n) is 0.927. The minimum Gasteiger partial charge on any atom is -0.482 e. The topological polar surface area (TPSA) is 26.3 Å². The van der Waals surface area contributed by atoms with Crippen molar-refractivity contribution >= 4 is 22.2 Å². The van der Waals surface area contributed by atoms with Gasteiger partial charge in [0.1, 0.15) is 11.3 Å². The van der Waals surface area contributed by atoms with Gasteiger partial charge in [0.25, 0.3) is 0 Å². The zero-order valence-electron chi connectivity index (χ0n) is 6.42. The number of halogens is 1. The number of ether oxygens (including phenoxy) is 1. The van der Waals surface area contributed by atoms with Crippen molar-refractivity contribution in [3.8, 4) is 5.75 Å². The second kappa shape index (κ2) is 4.93. The van der Waals surface area contributed by atoms with Crippen LogP contribution in [-0.2, 0) is 11.2 Å². The monoisotopic (exact) mass is 227 g/mol. The van der Waals surface area contributed by atoms with Gasteiger partial charge in [-0.1, -0.05) is 18.2 Å². The summed E-state index contributed by atoms with van der Waals surface area (Å²) in [6.07, 6.45) is 2.12. The molecule has 0 aliphatic rings. The highest BCUT2D eigenvalue weighted by molar-refractivity contribution is 9.09. The maximum Gasteiger partial charge on any atom is 0.203 e. The Morgan fingerprint density at radius 1 is 1.42 bits per heavy atom. The van der Waals surface area contributed by atoms with E-state index < -0.39 is 0 Å². The first-order chi connectivity index (χ1) is 5.88. The molecule has 1 aromatic carbocycles. The van der Waals surface area contributed by atoms with Crippen LogP contribution in [0.3, 0.4) is 0 Å². The molecule has 1 aromatic rings. The summed E-state index contributed by atoms with van der Waals surface area (Å²) >= 11 is 3.15. The van der Waals surface area contributed by atoms with Gasteiger partial charge in [0.05, 0.1) is 0 Å². The molecular formula is C9H8BrO2. The van der Waals surface area contributed by atoms with E-state index in [1.54, 1.807) is 0 Å². The summed E-state index contributed by atoms with van der Waals surface area (Å²) in [6.45, 7) is 0. The first kappa shape index (κ1) is 9.26. The molecule has 0 N–H and O–H groups in total. The Morgan fingerprint density at radius 2 is 2.17 bits per heavy atom. The van der Waals surface area contributed by atoms with Crippen molar-refractivity contribution in [3.63, 3.8) is 0 Å². The molecule has 0 amide bonds. The lowest BCUT2D eigenvalue weighted by molar-refractivity contribution is 0.394. The summed E-state index contributed by atoms with van der Waals surface area (Å²) in [5.74, 6) is 0.734. The summed E-state index contributed by atoms with van der Waals surface area (Å²) in [4.78, 5) is 10.1. The third-order valence-corrected chi connectivity index (χ3v) is 1.67. The first-order valence-corrected chi connectivity index (χ1v) is 4.62. The van der Waals surface area contributed by atoms with Crippen LogP contribution < -0.4 is 4.74 Å². The zero-order chi connectivity index (χ0) is 8.81. The van der Waals surface area contributed by atoms with E-state index in [0.29, 0.717) is 5.52 Å². The van der Waals surface area contributed by atoms with Crippen LogP contribution in [0.4, 0.5) is 0 Å². The number of para-hydroxylation sites is 1. The number of carbonyl (C=O) groups excluding carboxylic acids is 1. The molecule has 0 aliphatic heterocycles. The van der Waals surface area contributed by atoms with Gasteiger partial charge in [-0.2, -0.15) is 0 Å². The van der Waals surface area contributed by atoms with Crippen molar-refractivity contribution in [1.29, 1.82) is 0 Å². The molecule has 12 heavy (non-hydrogen) atoms. The van der Waals surface area contributed by atoms with E-state index in [2.05, 4.69) is 15.9 Å². The number of benzene rings is 1. The highest BCUT2D eigenvalue weighted by Gasteiger charge is 2.00. The lowest BCUT2D eigenvalue weighted by Gasteiger charge is -2.05. The van der Waals surface area contributed by atoms with Gasteiger partial charge in [0.2, 0.25) is 6.29 Å². The Labute approximate surface area is 79.7 Å². The number of hydrogen-bond acceptors (Lipinski definition) is 2. The van der Waals surface area contributed by atoms with Crippen LogP contribution in [0.2, 0.25) is 0 Å². The van der Waals surface area contributed by atoms with Gasteiger partial charge in [0, 0.05) is 12.0 Å². The first-order valence-electron chi connectivity index (χ1n) is 3.50. The van der Waals surface area contributed by atoms with Crippen LogP contribution in [0.1, 0.15) is 5.56 Å². The SMILES string of the molecule is O=[C]Cc1ccccc1OCBr. The van der Waals surface area contributed by atoms with Gasteiger partial charge in [-0.05, 0) is 22.0 Å². The van der Waals surface area contributed by atoms with Gasteiger partial charge in [-0.25, -0.2) is 0 Å². The van der Waals surface area contributed by atoms with E-state index in [1.807, 2.05) is 30.6 Å². The average Bonchev–Trinajstić information content (AvgIpc) is 2.09. The quantitative estimate of drug-likeness (QED) is 0.737. The largest absolute Gasteiger partial charge is 0.482 e. The molecule has 0 saturated carbocycles. The fourth-order valence-corrected chi connectivity index (χ4v) is 1.17. The lowest BCUT2D eigenvalue weighted by atomic mass is 10.1. The second-order valence-electron chi connectivity index (χ2n) is 2.18. The Hall–Kier alpha value is -0.830. The Morgan fingerprint density at radius 3 is 2.83 bits per heavy atom. The summed E-state index contributed by atoms with van der Waals surface area (Å²) in [6, 6.07) is 7.41. The van der Waals surface area contributed by atoms with Crippen molar-refractivity contribution in [2.45, 2.75) is 6.42 Å². The van der Waals surface area contributed by atoms with Crippen molar-refractivity contribution in [2.75, 3.05) is 5.52 Å². The van der Waals surface area contributed by atoms with E-state index in [-0.39, 0.29) is 6.42 Å². The van der Waals surface area contributed by atoms with Crippen LogP contribution in [0, 0.1) is 0 Å². The third kappa shape index (κ3) is 2.34. The van der Waals surface area contributed by atoms with E-state index in [1.165, 1.54) is 0 Å². The predicted molar refractivity (Wildman–Crippen MR) is 50.3 cm³/mol. The number of alkyl halides is 1. The molecule has 0 heterocycles. The van der Waals surface area contributed by atoms with Crippen molar-refractivity contribution in [1.82, 2.24) is 0 Å². The minimum atomic E-state index is 0.281. The maximum atomic E-state index is 10.1. The lowest BCUT2D eigenvalue weighted by Crippen LogP contribution is -1.94. The van der Waals surface area contributed by atoms with Crippen molar-refractivity contribution < 1.29 is 9.53 Å². The van der Waals surface area contributed by atoms with Gasteiger partial charge in [-0.15, -0.1) is 0 Å². The van der Waals surface area contributed by atoms with Crippen LogP contribution in [-0.4, -0.2) is 11.8 Å². The van der Waals surface area contributed by atoms with Crippen molar-refractivity contribution in [2.24, 2.45) is 0 Å². The van der Waals surface area contributed by atoms with Crippen LogP contribution in [0.15, 0.2) is 24.3 Å². The summed E-state index contributed by atoms with van der Waals surface area (Å²) in [5.41, 5.74) is 1.30. The summed E-state index contributed by atoms with van der Waals surface area (Å²) < 4.78 is 5.23. The summed E-state index contributed by atoms with van der Waals surface area (Å²) in [5, 5.41) is 0. The zero-order valence-corrected chi connectivity index (χ0v) is 8.00. The van der Waals surface area contributed by atoms with Gasteiger partial charge >= 0.3 is 0 Å². The Kier molecular flexibility index (Phi) is 3.80. The molecule has 0 aromatic heterocycles. The smallest absolute Gasteiger partial charge is 0.203 e. The van der Waals surface area contributed by atoms with Crippen LogP contribution in [0.25, 0.3) is 0 Å². The molecule has 63 valence electrons. The van der Waals surface area contributed by atoms with Crippen LogP contribution in [0.5, 0.6) is 5.75 Å². The van der Waals surface area contributed by atoms with Gasteiger partial charge in [-0.3, -0.25) is 4.79 Å². The highest BCUT2D eigenvalue weighted by atomic mass is 79.9. The predicted octanol–water partition coefficient (Wildman–Crippen LogP) is 2.07. The number of hydrogen-bond donors (Lipinski definition) is 0. The molecule has 3 heteroatoms. The molecule has 1 radical (unpaired) electrons. The van der Waals surface area contributed by atoms with E-state index in [0.717, 1.165) is 11.3 Å². The van der Waals surface area contributed by atoms with Crippen molar-refractivity contribution in [3.05, 3.63) is 29.8 Å². The average molecular weight is 228 g/mol. The Balaban J connectivity index is 2.83. The molecule has 0 aliphatic carbocycles. The molecular weight excluding hydrogens is 220 g/mol. The molecule has 0 spiro atoms. The normalized spacial score (nSPS) is 9.42. The summed E-state index contributed by atoms with van der Waals surface area (Å²) in [7, 11) is 0.